The standard InChI is InChI=1S/C16H22F3N3O2/c1-13-8-14(9-20-15(13)11-24-12-16(17,18)19)10-22-5-2-4-21(22)6-3-7-23/h2,4,8-9,23H,3,5-7,10-12H2,1H3. The lowest BCUT2D eigenvalue weighted by atomic mass is 10.1. The summed E-state index contributed by atoms with van der Waals surface area (Å²) in [5.41, 5.74) is 2.30. The van der Waals surface area contributed by atoms with Gasteiger partial charge in [-0.2, -0.15) is 13.2 Å². The highest BCUT2D eigenvalue weighted by molar-refractivity contribution is 5.23. The molecule has 1 aromatic heterocycles. The molecule has 0 radical (unpaired) electrons. The molecule has 1 aromatic rings. The van der Waals surface area contributed by atoms with Gasteiger partial charge < -0.3 is 14.9 Å². The summed E-state index contributed by atoms with van der Waals surface area (Å²) in [6, 6.07) is 1.92. The number of hydrogen-bond acceptors (Lipinski definition) is 5. The van der Waals surface area contributed by atoms with Crippen LogP contribution in [0.1, 0.15) is 23.2 Å². The molecule has 24 heavy (non-hydrogen) atoms. The Morgan fingerprint density at radius 1 is 1.38 bits per heavy atom. The predicted octanol–water partition coefficient (Wildman–Crippen LogP) is 2.40. The fourth-order valence-electron chi connectivity index (χ4n) is 2.47. The van der Waals surface area contributed by atoms with Crippen molar-refractivity contribution in [1.29, 1.82) is 0 Å². The number of aromatic nitrogens is 1. The first-order valence-corrected chi connectivity index (χ1v) is 7.77. The SMILES string of the molecule is Cc1cc(CN2CC=CN2CCCO)cnc1COCC(F)(F)F. The third-order valence-corrected chi connectivity index (χ3v) is 3.62. The van der Waals surface area contributed by atoms with Crippen LogP contribution in [-0.4, -0.2) is 52.6 Å². The zero-order chi connectivity index (χ0) is 17.6. The molecule has 0 atom stereocenters. The third kappa shape index (κ3) is 5.77. The average Bonchev–Trinajstić information content (AvgIpc) is 2.93. The van der Waals surface area contributed by atoms with E-state index in [0.29, 0.717) is 18.7 Å². The lowest BCUT2D eigenvalue weighted by Gasteiger charge is -2.29. The van der Waals surface area contributed by atoms with Gasteiger partial charge in [0, 0.05) is 38.6 Å². The van der Waals surface area contributed by atoms with Gasteiger partial charge in [-0.15, -0.1) is 0 Å². The molecule has 0 unspecified atom stereocenters. The van der Waals surface area contributed by atoms with Gasteiger partial charge in [0.25, 0.3) is 0 Å². The van der Waals surface area contributed by atoms with Gasteiger partial charge in [0.2, 0.25) is 0 Å². The molecule has 8 heteroatoms. The minimum atomic E-state index is -4.32. The minimum Gasteiger partial charge on any atom is -0.396 e. The van der Waals surface area contributed by atoms with Gasteiger partial charge in [-0.1, -0.05) is 12.1 Å². The van der Waals surface area contributed by atoms with Crippen molar-refractivity contribution in [2.75, 3.05) is 26.3 Å². The van der Waals surface area contributed by atoms with E-state index < -0.39 is 12.8 Å². The molecule has 2 rings (SSSR count). The van der Waals surface area contributed by atoms with Crippen LogP contribution in [0.4, 0.5) is 13.2 Å². The summed E-state index contributed by atoms with van der Waals surface area (Å²) in [4.78, 5) is 4.23. The van der Waals surface area contributed by atoms with E-state index in [0.717, 1.165) is 24.2 Å². The smallest absolute Gasteiger partial charge is 0.396 e. The maximum atomic E-state index is 12.1. The summed E-state index contributed by atoms with van der Waals surface area (Å²) in [5.74, 6) is 0. The van der Waals surface area contributed by atoms with Crippen molar-refractivity contribution in [1.82, 2.24) is 15.0 Å². The highest BCUT2D eigenvalue weighted by Crippen LogP contribution is 2.18. The predicted molar refractivity (Wildman–Crippen MR) is 82.6 cm³/mol. The van der Waals surface area contributed by atoms with E-state index >= 15 is 0 Å². The van der Waals surface area contributed by atoms with Crippen LogP contribution in [0.2, 0.25) is 0 Å². The number of hydrogen-bond donors (Lipinski definition) is 1. The average molecular weight is 345 g/mol. The molecule has 2 heterocycles. The molecule has 1 aliphatic heterocycles. The first kappa shape index (κ1) is 18.7. The molecular formula is C16H22F3N3O2. The molecule has 5 nitrogen and oxygen atoms in total. The van der Waals surface area contributed by atoms with Gasteiger partial charge in [-0.25, -0.2) is 5.01 Å². The van der Waals surface area contributed by atoms with Crippen molar-refractivity contribution < 1.29 is 23.0 Å². The zero-order valence-electron chi connectivity index (χ0n) is 13.6. The van der Waals surface area contributed by atoms with Crippen molar-refractivity contribution in [3.63, 3.8) is 0 Å². The van der Waals surface area contributed by atoms with Crippen LogP contribution in [0.5, 0.6) is 0 Å². The molecular weight excluding hydrogens is 323 g/mol. The second kappa shape index (κ2) is 8.46. The molecule has 0 spiro atoms. The van der Waals surface area contributed by atoms with E-state index in [1.165, 1.54) is 0 Å². The van der Waals surface area contributed by atoms with Crippen molar-refractivity contribution >= 4 is 0 Å². The Bertz CT molecular complexity index is 564. The van der Waals surface area contributed by atoms with Crippen LogP contribution >= 0.6 is 0 Å². The molecule has 134 valence electrons. The number of pyridine rings is 1. The number of nitrogens with zero attached hydrogens (tertiary/aromatic N) is 3. The Hall–Kier alpha value is -1.64. The van der Waals surface area contributed by atoms with E-state index in [1.54, 1.807) is 6.20 Å². The molecule has 1 aliphatic rings. The molecule has 0 aromatic carbocycles. The van der Waals surface area contributed by atoms with Gasteiger partial charge >= 0.3 is 6.18 Å². The minimum absolute atomic E-state index is 0.144. The van der Waals surface area contributed by atoms with Crippen LogP contribution < -0.4 is 0 Å². The molecule has 0 saturated carbocycles. The van der Waals surface area contributed by atoms with Gasteiger partial charge in [-0.3, -0.25) is 4.98 Å². The monoisotopic (exact) mass is 345 g/mol. The molecule has 1 N–H and O–H groups in total. The first-order chi connectivity index (χ1) is 11.4. The second-order valence-corrected chi connectivity index (χ2v) is 5.69. The van der Waals surface area contributed by atoms with Crippen molar-refractivity contribution in [2.45, 2.75) is 32.7 Å². The summed E-state index contributed by atoms with van der Waals surface area (Å²) in [6.07, 6.45) is 2.05. The fraction of sp³-hybridized carbons (Fsp3) is 0.562. The van der Waals surface area contributed by atoms with Crippen LogP contribution in [0.15, 0.2) is 24.5 Å². The molecule has 0 saturated heterocycles. The highest BCUT2D eigenvalue weighted by atomic mass is 19.4. The number of aryl methyl sites for hydroxylation is 1. The Kier molecular flexibility index (Phi) is 6.59. The molecule has 0 bridgehead atoms. The van der Waals surface area contributed by atoms with E-state index in [4.69, 9.17) is 5.11 Å². The second-order valence-electron chi connectivity index (χ2n) is 5.69. The molecule has 0 amide bonds. The van der Waals surface area contributed by atoms with Gasteiger partial charge in [0.05, 0.1) is 12.3 Å². The van der Waals surface area contributed by atoms with E-state index in [1.807, 2.05) is 30.3 Å². The number of aliphatic hydroxyl groups excluding tert-OH is 1. The van der Waals surface area contributed by atoms with Gasteiger partial charge in [0.1, 0.15) is 6.61 Å². The van der Waals surface area contributed by atoms with Crippen LogP contribution in [-0.2, 0) is 17.9 Å². The van der Waals surface area contributed by atoms with Crippen LogP contribution in [0.3, 0.4) is 0 Å². The lowest BCUT2D eigenvalue weighted by molar-refractivity contribution is -0.176. The van der Waals surface area contributed by atoms with Crippen LogP contribution in [0.25, 0.3) is 0 Å². The van der Waals surface area contributed by atoms with Crippen molar-refractivity contribution in [3.05, 3.63) is 41.4 Å². The molecule has 0 aliphatic carbocycles. The number of aliphatic hydroxyl groups is 1. The zero-order valence-corrected chi connectivity index (χ0v) is 13.6. The maximum absolute atomic E-state index is 12.1. The van der Waals surface area contributed by atoms with Crippen molar-refractivity contribution in [2.24, 2.45) is 0 Å². The maximum Gasteiger partial charge on any atom is 0.411 e. The van der Waals surface area contributed by atoms with E-state index in [9.17, 15) is 13.2 Å². The number of halogens is 3. The number of rotatable bonds is 8. The topological polar surface area (TPSA) is 48.8 Å². The Balaban J connectivity index is 1.89. The number of alkyl halides is 3. The summed E-state index contributed by atoms with van der Waals surface area (Å²) in [5, 5.41) is 13.1. The van der Waals surface area contributed by atoms with Crippen molar-refractivity contribution in [3.8, 4) is 0 Å². The first-order valence-electron chi connectivity index (χ1n) is 7.77. The largest absolute Gasteiger partial charge is 0.411 e. The summed E-state index contributed by atoms with van der Waals surface area (Å²) in [6.45, 7) is 2.70. The summed E-state index contributed by atoms with van der Waals surface area (Å²) >= 11 is 0. The van der Waals surface area contributed by atoms with Gasteiger partial charge in [0.15, 0.2) is 0 Å². The van der Waals surface area contributed by atoms with Gasteiger partial charge in [-0.05, 0) is 24.5 Å². The summed E-state index contributed by atoms with van der Waals surface area (Å²) in [7, 11) is 0. The highest BCUT2D eigenvalue weighted by Gasteiger charge is 2.27. The number of ether oxygens (including phenoxy) is 1. The lowest BCUT2D eigenvalue weighted by Crippen LogP contribution is -2.35. The normalized spacial score (nSPS) is 15.5. The van der Waals surface area contributed by atoms with E-state index in [2.05, 4.69) is 14.7 Å². The van der Waals surface area contributed by atoms with E-state index in [-0.39, 0.29) is 13.2 Å². The summed E-state index contributed by atoms with van der Waals surface area (Å²) < 4.78 is 41.0. The Morgan fingerprint density at radius 2 is 2.17 bits per heavy atom. The Morgan fingerprint density at radius 3 is 2.83 bits per heavy atom. The quantitative estimate of drug-likeness (QED) is 0.784. The third-order valence-electron chi connectivity index (χ3n) is 3.62. The fourth-order valence-corrected chi connectivity index (χ4v) is 2.47. The van der Waals surface area contributed by atoms with Crippen LogP contribution in [0, 0.1) is 6.92 Å². The number of hydrazine groups is 1. The Labute approximate surface area is 139 Å². The molecule has 0 fully saturated rings.